The minimum Gasteiger partial charge on any atom is -0.493 e. The molecule has 1 heterocycles. The standard InChI is InChI=1S/C17H25NO6S/c1-5-24-17-9-13(6-7-16(17)22-3)14-8-15(11-25(20,21)23-4)18(10-14)12(2)19/h6-7,9,14-15H,5,8,10-11H2,1-4H3/t14-,15-/m1/s1. The summed E-state index contributed by atoms with van der Waals surface area (Å²) in [6.45, 7) is 4.33. The molecule has 1 aliphatic rings. The van der Waals surface area contributed by atoms with Crippen molar-refractivity contribution in [2.24, 2.45) is 0 Å². The van der Waals surface area contributed by atoms with Gasteiger partial charge in [-0.05, 0) is 31.0 Å². The minimum absolute atomic E-state index is 0.0334. The average molecular weight is 371 g/mol. The zero-order valence-corrected chi connectivity index (χ0v) is 15.8. The summed E-state index contributed by atoms with van der Waals surface area (Å²) in [4.78, 5) is 13.5. The van der Waals surface area contributed by atoms with E-state index in [1.165, 1.54) is 6.92 Å². The van der Waals surface area contributed by atoms with Crippen LogP contribution in [0.2, 0.25) is 0 Å². The topological polar surface area (TPSA) is 82.1 Å². The van der Waals surface area contributed by atoms with E-state index in [0.717, 1.165) is 12.7 Å². The Labute approximate surface area is 149 Å². The second kappa shape index (κ2) is 8.05. The van der Waals surface area contributed by atoms with E-state index in [1.807, 2.05) is 25.1 Å². The maximum absolute atomic E-state index is 11.9. The van der Waals surface area contributed by atoms with Crippen molar-refractivity contribution in [1.29, 1.82) is 0 Å². The van der Waals surface area contributed by atoms with Crippen molar-refractivity contribution in [2.75, 3.05) is 33.1 Å². The molecule has 2 atom stereocenters. The highest BCUT2D eigenvalue weighted by Gasteiger charge is 2.37. The molecule has 0 saturated carbocycles. The molecular formula is C17H25NO6S. The number of hydrogen-bond donors (Lipinski definition) is 0. The molecule has 1 saturated heterocycles. The van der Waals surface area contributed by atoms with E-state index in [0.29, 0.717) is 31.1 Å². The fourth-order valence-electron chi connectivity index (χ4n) is 3.22. The van der Waals surface area contributed by atoms with Crippen LogP contribution < -0.4 is 9.47 Å². The van der Waals surface area contributed by atoms with Crippen LogP contribution in [0, 0.1) is 0 Å². The van der Waals surface area contributed by atoms with E-state index < -0.39 is 16.2 Å². The van der Waals surface area contributed by atoms with E-state index in [9.17, 15) is 13.2 Å². The summed E-state index contributed by atoms with van der Waals surface area (Å²) in [7, 11) is -0.925. The molecule has 1 aromatic rings. The molecule has 140 valence electrons. The summed E-state index contributed by atoms with van der Waals surface area (Å²) in [5.74, 6) is 0.979. The number of nitrogens with zero attached hydrogens (tertiary/aromatic N) is 1. The highest BCUT2D eigenvalue weighted by molar-refractivity contribution is 7.86. The van der Waals surface area contributed by atoms with Gasteiger partial charge in [0, 0.05) is 25.4 Å². The van der Waals surface area contributed by atoms with Gasteiger partial charge in [0.15, 0.2) is 11.5 Å². The molecule has 2 rings (SSSR count). The number of hydrogen-bond acceptors (Lipinski definition) is 6. The molecule has 0 unspecified atom stereocenters. The van der Waals surface area contributed by atoms with E-state index in [-0.39, 0.29) is 17.6 Å². The molecule has 0 spiro atoms. The summed E-state index contributed by atoms with van der Waals surface area (Å²) in [6.07, 6.45) is 0.556. The second-order valence-corrected chi connectivity index (χ2v) is 7.77. The number of carbonyl (C=O) groups is 1. The third-order valence-electron chi connectivity index (χ3n) is 4.43. The highest BCUT2D eigenvalue weighted by Crippen LogP contribution is 2.37. The Morgan fingerprint density at radius 3 is 2.56 bits per heavy atom. The largest absolute Gasteiger partial charge is 0.493 e. The Kier molecular flexibility index (Phi) is 6.29. The SMILES string of the molecule is CCOc1cc([C@@H]2C[C@H](CS(=O)(=O)OC)N(C(C)=O)C2)ccc1OC. The Hall–Kier alpha value is -1.80. The number of methoxy groups -OCH3 is 1. The molecule has 1 amide bonds. The van der Waals surface area contributed by atoms with Crippen LogP contribution in [-0.4, -0.2) is 58.4 Å². The van der Waals surface area contributed by atoms with Gasteiger partial charge in [-0.15, -0.1) is 0 Å². The predicted octanol–water partition coefficient (Wildman–Crippen LogP) is 1.77. The maximum atomic E-state index is 11.9. The molecule has 1 aliphatic heterocycles. The Balaban J connectivity index is 2.26. The van der Waals surface area contributed by atoms with Gasteiger partial charge in [0.1, 0.15) is 0 Å². The van der Waals surface area contributed by atoms with Crippen LogP contribution in [0.25, 0.3) is 0 Å². The first-order valence-corrected chi connectivity index (χ1v) is 9.75. The van der Waals surface area contributed by atoms with Crippen LogP contribution in [0.1, 0.15) is 31.7 Å². The van der Waals surface area contributed by atoms with Crippen molar-refractivity contribution in [3.63, 3.8) is 0 Å². The van der Waals surface area contributed by atoms with Crippen LogP contribution in [0.3, 0.4) is 0 Å². The van der Waals surface area contributed by atoms with Crippen molar-refractivity contribution in [3.05, 3.63) is 23.8 Å². The van der Waals surface area contributed by atoms with Crippen LogP contribution >= 0.6 is 0 Å². The lowest BCUT2D eigenvalue weighted by Gasteiger charge is -2.22. The van der Waals surface area contributed by atoms with Crippen LogP contribution in [0.15, 0.2) is 18.2 Å². The lowest BCUT2D eigenvalue weighted by molar-refractivity contribution is -0.129. The van der Waals surface area contributed by atoms with Gasteiger partial charge in [-0.25, -0.2) is 0 Å². The molecule has 1 aromatic carbocycles. The molecule has 0 bridgehead atoms. The molecule has 0 radical (unpaired) electrons. The molecule has 8 heteroatoms. The van der Waals surface area contributed by atoms with Crippen molar-refractivity contribution in [3.8, 4) is 11.5 Å². The fourth-order valence-corrected chi connectivity index (χ4v) is 4.14. The maximum Gasteiger partial charge on any atom is 0.269 e. The molecule has 0 aliphatic carbocycles. The molecule has 0 aromatic heterocycles. The zero-order chi connectivity index (χ0) is 18.6. The van der Waals surface area contributed by atoms with Crippen LogP contribution in [-0.2, 0) is 19.1 Å². The van der Waals surface area contributed by atoms with Crippen molar-refractivity contribution >= 4 is 16.0 Å². The first-order valence-electron chi connectivity index (χ1n) is 8.17. The van der Waals surface area contributed by atoms with E-state index in [1.54, 1.807) is 12.0 Å². The zero-order valence-electron chi connectivity index (χ0n) is 15.0. The van der Waals surface area contributed by atoms with Crippen molar-refractivity contribution in [1.82, 2.24) is 4.90 Å². The number of ether oxygens (including phenoxy) is 2. The Morgan fingerprint density at radius 1 is 1.28 bits per heavy atom. The third kappa shape index (κ3) is 4.64. The monoisotopic (exact) mass is 371 g/mol. The van der Waals surface area contributed by atoms with Crippen LogP contribution in [0.4, 0.5) is 0 Å². The van der Waals surface area contributed by atoms with Gasteiger partial charge in [0.25, 0.3) is 10.1 Å². The predicted molar refractivity (Wildman–Crippen MR) is 93.5 cm³/mol. The second-order valence-electron chi connectivity index (χ2n) is 5.99. The number of rotatable bonds is 7. The minimum atomic E-state index is -3.64. The van der Waals surface area contributed by atoms with Gasteiger partial charge in [-0.2, -0.15) is 8.42 Å². The van der Waals surface area contributed by atoms with Crippen molar-refractivity contribution < 1.29 is 26.9 Å². The normalized spacial score (nSPS) is 20.6. The van der Waals surface area contributed by atoms with Gasteiger partial charge >= 0.3 is 0 Å². The van der Waals surface area contributed by atoms with E-state index >= 15 is 0 Å². The molecule has 0 N–H and O–H groups in total. The first kappa shape index (κ1) is 19.5. The first-order chi connectivity index (χ1) is 11.8. The van der Waals surface area contributed by atoms with Gasteiger partial charge in [-0.3, -0.25) is 8.98 Å². The van der Waals surface area contributed by atoms with E-state index in [4.69, 9.17) is 9.47 Å². The molecule has 25 heavy (non-hydrogen) atoms. The number of benzene rings is 1. The summed E-state index contributed by atoms with van der Waals surface area (Å²) in [6, 6.07) is 5.26. The summed E-state index contributed by atoms with van der Waals surface area (Å²) < 4.78 is 39.0. The highest BCUT2D eigenvalue weighted by atomic mass is 32.2. The lowest BCUT2D eigenvalue weighted by atomic mass is 9.96. The molecule has 1 fully saturated rings. The van der Waals surface area contributed by atoms with Gasteiger partial charge in [0.2, 0.25) is 5.91 Å². The smallest absolute Gasteiger partial charge is 0.269 e. The summed E-state index contributed by atoms with van der Waals surface area (Å²) in [5, 5.41) is 0. The summed E-state index contributed by atoms with van der Waals surface area (Å²) in [5.41, 5.74) is 0.993. The molecular weight excluding hydrogens is 346 g/mol. The number of carbonyl (C=O) groups excluding carboxylic acids is 1. The van der Waals surface area contributed by atoms with Gasteiger partial charge in [0.05, 0.1) is 26.6 Å². The van der Waals surface area contributed by atoms with Crippen molar-refractivity contribution in [2.45, 2.75) is 32.2 Å². The fraction of sp³-hybridized carbons (Fsp3) is 0.588. The van der Waals surface area contributed by atoms with Gasteiger partial charge < -0.3 is 14.4 Å². The Bertz CT molecular complexity index is 718. The number of likely N-dealkylation sites (tertiary alicyclic amines) is 1. The molecule has 7 nitrogen and oxygen atoms in total. The van der Waals surface area contributed by atoms with Crippen LogP contribution in [0.5, 0.6) is 11.5 Å². The summed E-state index contributed by atoms with van der Waals surface area (Å²) >= 11 is 0. The third-order valence-corrected chi connectivity index (χ3v) is 5.73. The average Bonchev–Trinajstić information content (AvgIpc) is 2.98. The van der Waals surface area contributed by atoms with E-state index in [2.05, 4.69) is 4.18 Å². The lowest BCUT2D eigenvalue weighted by Crippen LogP contribution is -2.38. The number of amides is 1. The Morgan fingerprint density at radius 2 is 2.00 bits per heavy atom. The van der Waals surface area contributed by atoms with Gasteiger partial charge in [-0.1, -0.05) is 6.07 Å². The quantitative estimate of drug-likeness (QED) is 0.680.